The molecule has 11 nitrogen and oxygen atoms in total. The Labute approximate surface area is 231 Å². The van der Waals surface area contributed by atoms with Gasteiger partial charge in [-0.1, -0.05) is 0 Å². The smallest absolute Gasteiger partial charge is 0.268 e. The van der Waals surface area contributed by atoms with Crippen LogP contribution in [0.15, 0.2) is 83.1 Å². The lowest BCUT2D eigenvalue weighted by molar-refractivity contribution is 0.0710. The molecule has 0 unspecified atom stereocenters. The summed E-state index contributed by atoms with van der Waals surface area (Å²) in [6, 6.07) is 12.1. The molecule has 0 bridgehead atoms. The number of guanidine groups is 1. The molecule has 0 radical (unpaired) electrons. The zero-order valence-electron chi connectivity index (χ0n) is 22.1. The summed E-state index contributed by atoms with van der Waals surface area (Å²) in [6.07, 6.45) is 8.59. The second-order valence-corrected chi connectivity index (χ2v) is 13.3. The highest BCUT2D eigenvalue weighted by Crippen LogP contribution is 2.29. The fourth-order valence-corrected chi connectivity index (χ4v) is 6.10. The summed E-state index contributed by atoms with van der Waals surface area (Å²) < 4.78 is 53.8. The Morgan fingerprint density at radius 2 is 1.02 bits per heavy atom. The molecule has 0 atom stereocenters. The number of carbonyl (C=O) groups is 2. The van der Waals surface area contributed by atoms with Crippen LogP contribution in [0.25, 0.3) is 11.4 Å². The van der Waals surface area contributed by atoms with Gasteiger partial charge in [-0.05, 0) is 73.5 Å². The van der Waals surface area contributed by atoms with Crippen molar-refractivity contribution in [2.75, 3.05) is 12.5 Å². The zero-order chi connectivity index (χ0) is 29.6. The molecule has 4 rings (SSSR count). The minimum atomic E-state index is -3.84. The lowest BCUT2D eigenvalue weighted by atomic mass is 10.0. The predicted octanol–water partition coefficient (Wildman–Crippen LogP) is 2.87. The summed E-state index contributed by atoms with van der Waals surface area (Å²) in [5, 5.41) is 8.03. The number of sulfone groups is 2. The van der Waals surface area contributed by atoms with E-state index < -0.39 is 37.4 Å². The van der Waals surface area contributed by atoms with Crippen molar-refractivity contribution in [1.29, 1.82) is 5.41 Å². The maximum absolute atomic E-state index is 13.7. The van der Waals surface area contributed by atoms with Crippen molar-refractivity contribution in [1.82, 2.24) is 14.0 Å². The lowest BCUT2D eigenvalue weighted by Gasteiger charge is -2.23. The van der Waals surface area contributed by atoms with Crippen LogP contribution in [-0.2, 0) is 19.7 Å². The minimum absolute atomic E-state index is 0.162. The number of nitrogens with zero attached hydrogens (tertiary/aromatic N) is 3. The van der Waals surface area contributed by atoms with Gasteiger partial charge >= 0.3 is 0 Å². The van der Waals surface area contributed by atoms with E-state index in [1.54, 1.807) is 72.0 Å². The second kappa shape index (κ2) is 10.2. The van der Waals surface area contributed by atoms with Crippen LogP contribution >= 0.6 is 0 Å². The fraction of sp³-hybridized carbons (Fsp3) is 0.148. The SMILES string of the molecule is Cc1cc(-n2cccc2)c(S(C)(=O)=O)cc1C(=O)N(C(=N)N)C(=O)c1cc(S(C)(=O)=O)c(-n2cccc2)cc1C. The van der Waals surface area contributed by atoms with Gasteiger partial charge in [-0.25, -0.2) is 21.7 Å². The maximum Gasteiger partial charge on any atom is 0.268 e. The summed E-state index contributed by atoms with van der Waals surface area (Å²) in [5.41, 5.74) is 6.64. The summed E-state index contributed by atoms with van der Waals surface area (Å²) in [6.45, 7) is 3.13. The minimum Gasteiger partial charge on any atom is -0.369 e. The first-order valence-corrected chi connectivity index (χ1v) is 15.6. The number of aryl methyl sites for hydroxylation is 2. The van der Waals surface area contributed by atoms with Crippen molar-refractivity contribution in [2.45, 2.75) is 23.6 Å². The Kier molecular flexibility index (Phi) is 7.30. The van der Waals surface area contributed by atoms with Gasteiger partial charge in [-0.3, -0.25) is 15.0 Å². The Morgan fingerprint density at radius 1 is 0.700 bits per heavy atom. The lowest BCUT2D eigenvalue weighted by Crippen LogP contribution is -2.46. The molecule has 0 aliphatic heterocycles. The number of hydrogen-bond donors (Lipinski definition) is 2. The molecule has 208 valence electrons. The van der Waals surface area contributed by atoms with Gasteiger partial charge in [0.25, 0.3) is 11.8 Å². The molecular formula is C27H27N5O6S2. The molecular weight excluding hydrogens is 554 g/mol. The molecule has 2 aromatic heterocycles. The quantitative estimate of drug-likeness (QED) is 0.201. The van der Waals surface area contributed by atoms with Crippen molar-refractivity contribution in [2.24, 2.45) is 5.73 Å². The number of aromatic nitrogens is 2. The van der Waals surface area contributed by atoms with Gasteiger partial charge in [0.15, 0.2) is 19.7 Å². The first-order valence-electron chi connectivity index (χ1n) is 11.8. The summed E-state index contributed by atoms with van der Waals surface area (Å²) in [7, 11) is -7.67. The highest BCUT2D eigenvalue weighted by Gasteiger charge is 2.32. The molecule has 0 fully saturated rings. The van der Waals surface area contributed by atoms with Crippen LogP contribution in [0.3, 0.4) is 0 Å². The van der Waals surface area contributed by atoms with Crippen LogP contribution in [0.4, 0.5) is 0 Å². The topological polar surface area (TPSA) is 165 Å². The maximum atomic E-state index is 13.7. The van der Waals surface area contributed by atoms with Crippen LogP contribution < -0.4 is 5.73 Å². The van der Waals surface area contributed by atoms with Crippen molar-refractivity contribution >= 4 is 37.4 Å². The van der Waals surface area contributed by atoms with Crippen molar-refractivity contribution < 1.29 is 26.4 Å². The van der Waals surface area contributed by atoms with Gasteiger partial charge in [0.1, 0.15) is 0 Å². The van der Waals surface area contributed by atoms with Crippen LogP contribution in [0.1, 0.15) is 31.8 Å². The number of amides is 2. The van der Waals surface area contributed by atoms with E-state index in [-0.39, 0.29) is 20.9 Å². The Morgan fingerprint density at radius 3 is 1.30 bits per heavy atom. The molecule has 0 aliphatic rings. The van der Waals surface area contributed by atoms with Gasteiger partial charge < -0.3 is 14.9 Å². The molecule has 0 saturated carbocycles. The van der Waals surface area contributed by atoms with E-state index in [0.29, 0.717) is 27.4 Å². The van der Waals surface area contributed by atoms with Crippen LogP contribution in [0, 0.1) is 19.3 Å². The van der Waals surface area contributed by atoms with E-state index in [4.69, 9.17) is 11.1 Å². The van der Waals surface area contributed by atoms with E-state index >= 15 is 0 Å². The highest BCUT2D eigenvalue weighted by atomic mass is 32.2. The van der Waals surface area contributed by atoms with E-state index in [2.05, 4.69) is 0 Å². The zero-order valence-corrected chi connectivity index (χ0v) is 23.7. The average molecular weight is 582 g/mol. The molecule has 2 heterocycles. The summed E-state index contributed by atoms with van der Waals surface area (Å²) in [4.78, 5) is 27.5. The van der Waals surface area contributed by atoms with Gasteiger partial charge in [-0.15, -0.1) is 0 Å². The van der Waals surface area contributed by atoms with Gasteiger partial charge in [0.05, 0.1) is 21.2 Å². The van der Waals surface area contributed by atoms with E-state index in [0.717, 1.165) is 24.6 Å². The molecule has 13 heteroatoms. The summed E-state index contributed by atoms with van der Waals surface area (Å²) >= 11 is 0. The Hall–Kier alpha value is -4.49. The average Bonchev–Trinajstić information content (AvgIpc) is 3.56. The van der Waals surface area contributed by atoms with Gasteiger partial charge in [-0.2, -0.15) is 0 Å². The Balaban J connectivity index is 1.87. The standard InChI is InChI=1S/C27H27N5O6S2/c1-17-13-21(30-9-5-6-10-30)23(39(3,35)36)15-19(17)25(33)32(27(28)29)26(34)20-16-24(40(4,37)38)22(14-18(20)2)31-11-7-8-12-31/h5-16H,1-4H3,(H3,28,29). The normalized spacial score (nSPS) is 11.8. The van der Waals surface area contributed by atoms with Crippen LogP contribution in [0.2, 0.25) is 0 Å². The van der Waals surface area contributed by atoms with E-state index in [1.807, 2.05) is 0 Å². The number of benzene rings is 2. The molecule has 3 N–H and O–H groups in total. The molecule has 0 saturated heterocycles. The van der Waals surface area contributed by atoms with Gasteiger partial charge in [0, 0.05) is 48.4 Å². The van der Waals surface area contributed by atoms with E-state index in [1.165, 1.54) is 12.1 Å². The highest BCUT2D eigenvalue weighted by molar-refractivity contribution is 7.91. The van der Waals surface area contributed by atoms with Crippen molar-refractivity contribution in [3.63, 3.8) is 0 Å². The first kappa shape index (κ1) is 28.5. The Bertz CT molecular complexity index is 1740. The number of rotatable bonds is 6. The number of nitrogens with one attached hydrogen (secondary N) is 1. The number of carbonyl (C=O) groups excluding carboxylic acids is 2. The third-order valence-corrected chi connectivity index (χ3v) is 8.54. The number of hydrogen-bond acceptors (Lipinski definition) is 7. The van der Waals surface area contributed by atoms with E-state index in [9.17, 15) is 26.4 Å². The first-order chi connectivity index (χ1) is 18.6. The number of imide groups is 1. The number of nitrogens with two attached hydrogens (primary N) is 1. The fourth-order valence-electron chi connectivity index (χ4n) is 4.35. The molecule has 2 amide bonds. The van der Waals surface area contributed by atoms with Crippen molar-refractivity contribution in [3.8, 4) is 11.4 Å². The van der Waals surface area contributed by atoms with Gasteiger partial charge in [0.2, 0.25) is 5.96 Å². The van der Waals surface area contributed by atoms with Crippen LogP contribution in [-0.4, -0.2) is 61.2 Å². The third-order valence-electron chi connectivity index (χ3n) is 6.28. The van der Waals surface area contributed by atoms with Crippen LogP contribution in [0.5, 0.6) is 0 Å². The summed E-state index contributed by atoms with van der Waals surface area (Å²) in [5.74, 6) is -2.98. The largest absolute Gasteiger partial charge is 0.369 e. The van der Waals surface area contributed by atoms with Crippen molar-refractivity contribution in [3.05, 3.63) is 95.6 Å². The molecule has 2 aromatic carbocycles. The monoisotopic (exact) mass is 581 g/mol. The molecule has 0 spiro atoms. The predicted molar refractivity (Wildman–Crippen MR) is 150 cm³/mol. The molecule has 40 heavy (non-hydrogen) atoms. The molecule has 0 aliphatic carbocycles. The molecule has 4 aromatic rings. The third kappa shape index (κ3) is 5.33. The second-order valence-electron chi connectivity index (χ2n) is 9.33.